The van der Waals surface area contributed by atoms with E-state index in [-0.39, 0.29) is 11.8 Å². The van der Waals surface area contributed by atoms with Gasteiger partial charge in [-0.3, -0.25) is 4.99 Å². The maximum Gasteiger partial charge on any atom is 0.0753 e. The maximum atomic E-state index is 6.12. The van der Waals surface area contributed by atoms with Crippen LogP contribution in [0, 0.1) is 5.92 Å². The van der Waals surface area contributed by atoms with E-state index in [9.17, 15) is 0 Å². The Labute approximate surface area is 388 Å². The third-order valence-corrected chi connectivity index (χ3v) is 16.3. The fourth-order valence-corrected chi connectivity index (χ4v) is 13.2. The highest BCUT2D eigenvalue weighted by atomic mass is 32.1. The van der Waals surface area contributed by atoms with Crippen LogP contribution in [0.4, 0.5) is 0 Å². The summed E-state index contributed by atoms with van der Waals surface area (Å²) in [7, 11) is 0. The fraction of sp³-hybridized carbons (Fsp3) is 0.109. The number of allylic oxidation sites excluding steroid dienone is 3. The minimum Gasteiger partial charge on any atom is -0.252 e. The van der Waals surface area contributed by atoms with Crippen molar-refractivity contribution in [3.8, 4) is 11.1 Å². The number of benzene rings is 10. The molecule has 0 amide bonds. The van der Waals surface area contributed by atoms with Crippen molar-refractivity contribution in [2.45, 2.75) is 38.5 Å². The van der Waals surface area contributed by atoms with E-state index in [1.54, 1.807) is 0 Å². The Hall–Kier alpha value is -7.39. The Kier molecular flexibility index (Phi) is 8.52. The normalized spacial score (nSPS) is 19.7. The molecule has 10 aromatic carbocycles. The number of rotatable bonds is 2. The van der Waals surface area contributed by atoms with Gasteiger partial charge in [0.1, 0.15) is 0 Å². The van der Waals surface area contributed by atoms with Gasteiger partial charge < -0.3 is 0 Å². The molecule has 1 unspecified atom stereocenters. The summed E-state index contributed by atoms with van der Waals surface area (Å²) in [6.07, 6.45) is 6.31. The van der Waals surface area contributed by atoms with Gasteiger partial charge in [0.2, 0.25) is 0 Å². The summed E-state index contributed by atoms with van der Waals surface area (Å²) in [6, 6.07) is 71.3. The molecule has 0 fully saturated rings. The zero-order valence-electron chi connectivity index (χ0n) is 36.8. The van der Waals surface area contributed by atoms with E-state index in [4.69, 9.17) is 4.99 Å². The third-order valence-electron chi connectivity index (χ3n) is 15.1. The molecular formula is C64H45NS. The first kappa shape index (κ1) is 37.9. The Morgan fingerprint density at radius 2 is 1.20 bits per heavy atom. The molecule has 2 bridgehead atoms. The first-order valence-corrected chi connectivity index (χ1v) is 24.4. The van der Waals surface area contributed by atoms with Crippen LogP contribution in [0.5, 0.6) is 0 Å². The van der Waals surface area contributed by atoms with Crippen LogP contribution in [-0.4, -0.2) is 5.71 Å². The van der Waals surface area contributed by atoms with Crippen LogP contribution in [-0.2, 0) is 12.8 Å². The molecule has 0 N–H and O–H groups in total. The fourth-order valence-electron chi connectivity index (χ4n) is 11.9. The van der Waals surface area contributed by atoms with Gasteiger partial charge in [0.15, 0.2) is 0 Å². The van der Waals surface area contributed by atoms with Crippen LogP contribution >= 0.6 is 11.3 Å². The molecule has 2 aliphatic carbocycles. The van der Waals surface area contributed by atoms with Gasteiger partial charge in [-0.25, -0.2) is 0 Å². The van der Waals surface area contributed by atoms with Gasteiger partial charge in [0.25, 0.3) is 0 Å². The number of aryl methyl sites for hydroxylation is 1. The molecule has 2 heterocycles. The highest BCUT2D eigenvalue weighted by Crippen LogP contribution is 2.52. The molecule has 0 saturated heterocycles. The lowest BCUT2D eigenvalue weighted by molar-refractivity contribution is 0.730. The van der Waals surface area contributed by atoms with E-state index < -0.39 is 0 Å². The highest BCUT2D eigenvalue weighted by Gasteiger charge is 2.33. The van der Waals surface area contributed by atoms with Gasteiger partial charge >= 0.3 is 0 Å². The van der Waals surface area contributed by atoms with Gasteiger partial charge in [-0.2, -0.15) is 0 Å². The standard InChI is InChI=1S/C64H45NS/c1-38-22-27-50-53-30-31-55-52-20-10-11-21-60(52)66-64(55)61(53)54-29-26-45-34-42-14-4-5-15-43(42)36-56(45)51-28-23-39(32-57(51)54)33-58(50)63(65-62(38)46-25-24-40-12-2-3-13-41(40)35-46)59-37-44-16-6-7-17-47(44)48-18-8-9-19-49(48)59/h2-21,23-25,27-28,30-32,34-38,54H,22,26,29,33H2,1H3/b50-27+,63-58-,65-62+/t38-,54?/m1/s1. The SMILES string of the molecule is C[C@@H]1C/C=C2/C(=C(c3cc4ccccc4c4ccccc34)\N=C/1c1ccc3ccccc3c1)Cc1ccc3c(c1)C(CCc1cc4ccccc4cc1-3)c1c2ccc2c1sc1ccccc12. The van der Waals surface area contributed by atoms with E-state index in [0.717, 1.165) is 37.1 Å². The topological polar surface area (TPSA) is 12.4 Å². The summed E-state index contributed by atoms with van der Waals surface area (Å²) < 4.78 is 2.77. The summed E-state index contributed by atoms with van der Waals surface area (Å²) in [6.45, 7) is 2.39. The molecule has 3 aliphatic rings. The van der Waals surface area contributed by atoms with Crippen LogP contribution in [0.3, 0.4) is 0 Å². The Bertz CT molecular complexity index is 3970. The predicted octanol–water partition coefficient (Wildman–Crippen LogP) is 17.3. The third kappa shape index (κ3) is 5.88. The molecule has 14 rings (SSSR count). The van der Waals surface area contributed by atoms with Gasteiger partial charge in [-0.15, -0.1) is 11.3 Å². The Morgan fingerprint density at radius 1 is 0.515 bits per heavy atom. The number of hydrogen-bond acceptors (Lipinski definition) is 2. The van der Waals surface area contributed by atoms with Crippen molar-refractivity contribution in [2.75, 3.05) is 0 Å². The molecule has 2 atom stereocenters. The average molecular weight is 860 g/mol. The van der Waals surface area contributed by atoms with Crippen molar-refractivity contribution in [1.29, 1.82) is 0 Å². The quantitative estimate of drug-likeness (QED) is 0.154. The lowest BCUT2D eigenvalue weighted by atomic mass is 9.79. The summed E-state index contributed by atoms with van der Waals surface area (Å²) >= 11 is 1.98. The lowest BCUT2D eigenvalue weighted by Gasteiger charge is -2.26. The number of nitrogens with zero attached hydrogens (tertiary/aromatic N) is 1. The average Bonchev–Trinajstić information content (AvgIpc) is 3.68. The zero-order valence-corrected chi connectivity index (χ0v) is 37.6. The summed E-state index contributed by atoms with van der Waals surface area (Å²) in [4.78, 5) is 6.12. The number of aliphatic imine (C=N–C) groups is 1. The lowest BCUT2D eigenvalue weighted by Crippen LogP contribution is -2.16. The van der Waals surface area contributed by atoms with E-state index in [1.807, 2.05) is 11.3 Å². The van der Waals surface area contributed by atoms with Crippen molar-refractivity contribution < 1.29 is 0 Å². The minimum absolute atomic E-state index is 0.167. The summed E-state index contributed by atoms with van der Waals surface area (Å²) in [5.74, 6) is 0.368. The van der Waals surface area contributed by atoms with Crippen molar-refractivity contribution in [2.24, 2.45) is 10.9 Å². The Balaban J connectivity index is 1.12. The second-order valence-corrected chi connectivity index (χ2v) is 19.9. The van der Waals surface area contributed by atoms with Gasteiger partial charge in [-0.1, -0.05) is 177 Å². The molecule has 1 aliphatic heterocycles. The van der Waals surface area contributed by atoms with Crippen LogP contribution in [0.1, 0.15) is 64.6 Å². The van der Waals surface area contributed by atoms with E-state index in [1.165, 1.54) is 124 Å². The molecule has 2 heteroatoms. The van der Waals surface area contributed by atoms with Crippen LogP contribution in [0.2, 0.25) is 0 Å². The molecule has 0 radical (unpaired) electrons. The van der Waals surface area contributed by atoms with Crippen LogP contribution in [0.15, 0.2) is 205 Å². The van der Waals surface area contributed by atoms with E-state index >= 15 is 0 Å². The molecule has 1 aromatic heterocycles. The number of thiophene rings is 1. The summed E-state index contributed by atoms with van der Waals surface area (Å²) in [5, 5.41) is 12.8. The zero-order chi connectivity index (χ0) is 43.5. The van der Waals surface area contributed by atoms with Crippen LogP contribution in [0.25, 0.3) is 85.7 Å². The molecule has 1 nitrogen and oxygen atoms in total. The monoisotopic (exact) mass is 859 g/mol. The summed E-state index contributed by atoms with van der Waals surface area (Å²) in [5.41, 5.74) is 17.1. The predicted molar refractivity (Wildman–Crippen MR) is 283 cm³/mol. The molecule has 11 aromatic rings. The largest absolute Gasteiger partial charge is 0.252 e. The highest BCUT2D eigenvalue weighted by molar-refractivity contribution is 7.26. The first-order chi connectivity index (χ1) is 32.6. The Morgan fingerprint density at radius 3 is 2.05 bits per heavy atom. The van der Waals surface area contributed by atoms with Crippen molar-refractivity contribution in [1.82, 2.24) is 0 Å². The molecular weight excluding hydrogens is 815 g/mol. The van der Waals surface area contributed by atoms with Crippen molar-refractivity contribution in [3.05, 3.63) is 239 Å². The van der Waals surface area contributed by atoms with Gasteiger partial charge in [-0.05, 0) is 142 Å². The second kappa shape index (κ2) is 14.8. The van der Waals surface area contributed by atoms with Crippen LogP contribution < -0.4 is 0 Å². The van der Waals surface area contributed by atoms with E-state index in [0.29, 0.717) is 0 Å². The second-order valence-electron chi connectivity index (χ2n) is 18.9. The van der Waals surface area contributed by atoms with E-state index in [2.05, 4.69) is 201 Å². The van der Waals surface area contributed by atoms with Crippen molar-refractivity contribution >= 4 is 91.6 Å². The minimum atomic E-state index is 0.167. The van der Waals surface area contributed by atoms with Crippen molar-refractivity contribution in [3.63, 3.8) is 0 Å². The molecule has 0 saturated carbocycles. The number of hydrogen-bond donors (Lipinski definition) is 0. The van der Waals surface area contributed by atoms with Gasteiger partial charge in [0.05, 0.1) is 11.4 Å². The van der Waals surface area contributed by atoms with Gasteiger partial charge in [0, 0.05) is 44.0 Å². The first-order valence-electron chi connectivity index (χ1n) is 23.6. The number of fused-ring (bicyclic) bond motifs is 16. The molecule has 66 heavy (non-hydrogen) atoms. The molecule has 312 valence electrons. The molecule has 0 spiro atoms. The smallest absolute Gasteiger partial charge is 0.0753 e. The maximum absolute atomic E-state index is 6.12.